The Morgan fingerprint density at radius 3 is 2.68 bits per heavy atom. The molecule has 1 aliphatic heterocycles. The van der Waals surface area contributed by atoms with E-state index < -0.39 is 6.10 Å². The Hall–Kier alpha value is -1.13. The molecule has 0 bridgehead atoms. The Morgan fingerprint density at radius 2 is 2.11 bits per heavy atom. The lowest BCUT2D eigenvalue weighted by atomic mass is 10.0. The lowest BCUT2D eigenvalue weighted by Crippen LogP contribution is -2.37. The molecule has 3 nitrogen and oxygen atoms in total. The van der Waals surface area contributed by atoms with E-state index in [0.29, 0.717) is 11.7 Å². The third-order valence-corrected chi connectivity index (χ3v) is 3.63. The fourth-order valence-electron chi connectivity index (χ4n) is 2.71. The zero-order valence-corrected chi connectivity index (χ0v) is 11.6. The molecule has 1 aliphatic rings. The van der Waals surface area contributed by atoms with Gasteiger partial charge in [0.05, 0.1) is 12.2 Å². The molecule has 19 heavy (non-hydrogen) atoms. The average Bonchev–Trinajstić information content (AvgIpc) is 2.39. The van der Waals surface area contributed by atoms with Crippen LogP contribution in [0, 0.1) is 5.82 Å². The number of rotatable bonds is 4. The molecule has 0 aliphatic carbocycles. The van der Waals surface area contributed by atoms with Crippen molar-refractivity contribution in [2.75, 3.05) is 24.6 Å². The normalized spacial score (nSPS) is 18.6. The summed E-state index contributed by atoms with van der Waals surface area (Å²) in [4.78, 5) is 2.14. The van der Waals surface area contributed by atoms with Gasteiger partial charge in [0.25, 0.3) is 0 Å². The van der Waals surface area contributed by atoms with Gasteiger partial charge in [0, 0.05) is 30.9 Å². The van der Waals surface area contributed by atoms with E-state index in [1.165, 1.54) is 6.07 Å². The van der Waals surface area contributed by atoms with Crippen LogP contribution >= 0.6 is 0 Å². The summed E-state index contributed by atoms with van der Waals surface area (Å²) in [5.41, 5.74) is 1.21. The van der Waals surface area contributed by atoms with Crippen LogP contribution in [-0.2, 0) is 4.74 Å². The molecule has 1 saturated heterocycles. The molecule has 0 aromatic heterocycles. The van der Waals surface area contributed by atoms with Gasteiger partial charge in [-0.1, -0.05) is 6.07 Å². The number of aliphatic hydroxyl groups is 1. The van der Waals surface area contributed by atoms with Crippen molar-refractivity contribution in [2.24, 2.45) is 0 Å². The highest BCUT2D eigenvalue weighted by atomic mass is 19.1. The van der Waals surface area contributed by atoms with Gasteiger partial charge >= 0.3 is 0 Å². The van der Waals surface area contributed by atoms with Crippen molar-refractivity contribution in [2.45, 2.75) is 38.9 Å². The quantitative estimate of drug-likeness (QED) is 0.910. The highest BCUT2D eigenvalue weighted by molar-refractivity contribution is 5.55. The van der Waals surface area contributed by atoms with Crippen LogP contribution in [0.2, 0.25) is 0 Å². The van der Waals surface area contributed by atoms with E-state index in [1.54, 1.807) is 13.0 Å². The molecular weight excluding hydrogens is 245 g/mol. The van der Waals surface area contributed by atoms with Gasteiger partial charge in [-0.15, -0.1) is 0 Å². The average molecular weight is 267 g/mol. The second-order valence-electron chi connectivity index (χ2n) is 4.99. The second kappa shape index (κ2) is 6.35. The Kier molecular flexibility index (Phi) is 4.77. The van der Waals surface area contributed by atoms with Crippen molar-refractivity contribution in [3.8, 4) is 0 Å². The molecule has 2 rings (SSSR count). The standard InChI is InChI=1S/C15H22FNO2/c1-3-19-12-7-9-17(10-8-12)14-6-4-5-13(16)15(14)11(2)18/h4-6,11-12,18H,3,7-10H2,1-2H3/t11-/m0/s1. The summed E-state index contributed by atoms with van der Waals surface area (Å²) in [6.07, 6.45) is 1.42. The van der Waals surface area contributed by atoms with E-state index in [1.807, 2.05) is 13.0 Å². The number of anilines is 1. The maximum absolute atomic E-state index is 13.8. The molecule has 1 fully saturated rings. The summed E-state index contributed by atoms with van der Waals surface area (Å²) in [7, 11) is 0. The summed E-state index contributed by atoms with van der Waals surface area (Å²) in [5.74, 6) is -0.334. The minimum absolute atomic E-state index is 0.310. The second-order valence-corrected chi connectivity index (χ2v) is 4.99. The Balaban J connectivity index is 2.13. The zero-order chi connectivity index (χ0) is 13.8. The first kappa shape index (κ1) is 14.3. The van der Waals surface area contributed by atoms with E-state index in [2.05, 4.69) is 4.90 Å². The zero-order valence-electron chi connectivity index (χ0n) is 11.6. The van der Waals surface area contributed by atoms with Crippen molar-refractivity contribution in [3.05, 3.63) is 29.6 Å². The Bertz CT molecular complexity index is 415. The summed E-state index contributed by atoms with van der Waals surface area (Å²) in [5, 5.41) is 9.76. The highest BCUT2D eigenvalue weighted by Gasteiger charge is 2.23. The van der Waals surface area contributed by atoms with Gasteiger partial charge in [0.2, 0.25) is 0 Å². The van der Waals surface area contributed by atoms with Crippen molar-refractivity contribution in [3.63, 3.8) is 0 Å². The van der Waals surface area contributed by atoms with E-state index in [4.69, 9.17) is 4.74 Å². The monoisotopic (exact) mass is 267 g/mol. The SMILES string of the molecule is CCOC1CCN(c2cccc(F)c2[C@H](C)O)CC1. The summed E-state index contributed by atoms with van der Waals surface area (Å²) >= 11 is 0. The third kappa shape index (κ3) is 3.25. The molecule has 0 radical (unpaired) electrons. The molecule has 106 valence electrons. The Labute approximate surface area is 114 Å². The lowest BCUT2D eigenvalue weighted by Gasteiger charge is -2.35. The first-order chi connectivity index (χ1) is 9.13. The molecule has 0 spiro atoms. The van der Waals surface area contributed by atoms with Crippen molar-refractivity contribution in [1.29, 1.82) is 0 Å². The minimum atomic E-state index is -0.791. The van der Waals surface area contributed by atoms with Gasteiger partial charge in [-0.25, -0.2) is 4.39 Å². The third-order valence-electron chi connectivity index (χ3n) is 3.63. The van der Waals surface area contributed by atoms with E-state index >= 15 is 0 Å². The Morgan fingerprint density at radius 1 is 1.42 bits per heavy atom. The molecule has 0 amide bonds. The number of hydrogen-bond donors (Lipinski definition) is 1. The molecule has 1 aromatic rings. The summed E-state index contributed by atoms with van der Waals surface area (Å²) < 4.78 is 19.5. The molecule has 1 heterocycles. The predicted molar refractivity (Wildman–Crippen MR) is 73.9 cm³/mol. The maximum atomic E-state index is 13.8. The van der Waals surface area contributed by atoms with Crippen LogP contribution < -0.4 is 4.90 Å². The number of halogens is 1. The number of ether oxygens (including phenoxy) is 1. The van der Waals surface area contributed by atoms with Crippen LogP contribution in [0.15, 0.2) is 18.2 Å². The summed E-state index contributed by atoms with van der Waals surface area (Å²) in [6, 6.07) is 4.98. The maximum Gasteiger partial charge on any atom is 0.131 e. The predicted octanol–water partition coefficient (Wildman–Crippen LogP) is 2.88. The van der Waals surface area contributed by atoms with Gasteiger partial charge in [-0.3, -0.25) is 0 Å². The molecular formula is C15H22FNO2. The van der Waals surface area contributed by atoms with Crippen LogP contribution in [0.1, 0.15) is 38.4 Å². The van der Waals surface area contributed by atoms with Crippen LogP contribution in [-0.4, -0.2) is 30.9 Å². The molecule has 0 unspecified atom stereocenters. The minimum Gasteiger partial charge on any atom is -0.389 e. The first-order valence-corrected chi connectivity index (χ1v) is 6.96. The van der Waals surface area contributed by atoms with Crippen molar-refractivity contribution >= 4 is 5.69 Å². The van der Waals surface area contributed by atoms with Crippen LogP contribution in [0.4, 0.5) is 10.1 Å². The van der Waals surface area contributed by atoms with Crippen LogP contribution in [0.5, 0.6) is 0 Å². The number of piperidine rings is 1. The van der Waals surface area contributed by atoms with Gasteiger partial charge < -0.3 is 14.7 Å². The smallest absolute Gasteiger partial charge is 0.131 e. The van der Waals surface area contributed by atoms with Gasteiger partial charge in [0.15, 0.2) is 0 Å². The topological polar surface area (TPSA) is 32.7 Å². The molecule has 1 atom stereocenters. The fourth-order valence-corrected chi connectivity index (χ4v) is 2.71. The van der Waals surface area contributed by atoms with Crippen molar-refractivity contribution < 1.29 is 14.2 Å². The summed E-state index contributed by atoms with van der Waals surface area (Å²) in [6.45, 7) is 6.03. The van der Waals surface area contributed by atoms with Crippen molar-refractivity contribution in [1.82, 2.24) is 0 Å². The van der Waals surface area contributed by atoms with Crippen LogP contribution in [0.3, 0.4) is 0 Å². The van der Waals surface area contributed by atoms with Gasteiger partial charge in [-0.2, -0.15) is 0 Å². The van der Waals surface area contributed by atoms with Gasteiger partial charge in [0.1, 0.15) is 5.82 Å². The number of aliphatic hydroxyl groups excluding tert-OH is 1. The fraction of sp³-hybridized carbons (Fsp3) is 0.600. The molecule has 1 aromatic carbocycles. The van der Waals surface area contributed by atoms with Gasteiger partial charge in [-0.05, 0) is 38.8 Å². The van der Waals surface area contributed by atoms with E-state index in [-0.39, 0.29) is 5.82 Å². The first-order valence-electron chi connectivity index (χ1n) is 6.96. The van der Waals surface area contributed by atoms with E-state index in [0.717, 1.165) is 38.2 Å². The number of hydrogen-bond acceptors (Lipinski definition) is 3. The van der Waals surface area contributed by atoms with Crippen LogP contribution in [0.25, 0.3) is 0 Å². The lowest BCUT2D eigenvalue weighted by molar-refractivity contribution is 0.0458. The molecule has 0 saturated carbocycles. The highest BCUT2D eigenvalue weighted by Crippen LogP contribution is 2.31. The molecule has 1 N–H and O–H groups in total. The largest absolute Gasteiger partial charge is 0.389 e. The molecule has 4 heteroatoms. The number of nitrogens with zero attached hydrogens (tertiary/aromatic N) is 1. The number of benzene rings is 1. The van der Waals surface area contributed by atoms with E-state index in [9.17, 15) is 9.50 Å².